The average molecular weight is 440 g/mol. The Hall–Kier alpha value is -1.79. The van der Waals surface area contributed by atoms with E-state index in [1.165, 1.54) is 24.2 Å². The number of amides is 3. The molecule has 3 amide bonds. The molecule has 31 heavy (non-hydrogen) atoms. The maximum Gasteiger partial charge on any atom is 0.410 e. The van der Waals surface area contributed by atoms with Gasteiger partial charge in [0, 0.05) is 13.1 Å². The Bertz CT molecular complexity index is 560. The molecule has 0 aromatic rings. The zero-order valence-corrected chi connectivity index (χ0v) is 20.5. The number of unbranched alkanes of at least 4 members (excludes halogenated alkanes) is 8. The molecule has 1 saturated heterocycles. The zero-order valence-electron chi connectivity index (χ0n) is 20.5. The standard InChI is InChI=1S/C24H45N3O4/c1-6-8-10-12-13-15-17-27-20(22(29)25-16-14-11-9-7-2)18-26(19-21(27)28)23(30)31-24(3,4)5/h20H,6-19H2,1-5H3,(H,25,29)/t20-/m1/s1. The molecule has 0 spiro atoms. The minimum absolute atomic E-state index is 0.0367. The van der Waals surface area contributed by atoms with Gasteiger partial charge in [0.2, 0.25) is 11.8 Å². The second-order valence-corrected chi connectivity index (χ2v) is 9.58. The lowest BCUT2D eigenvalue weighted by Crippen LogP contribution is -2.63. The van der Waals surface area contributed by atoms with Crippen LogP contribution in [0.25, 0.3) is 0 Å². The molecule has 1 N–H and O–H groups in total. The van der Waals surface area contributed by atoms with Crippen molar-refractivity contribution in [3.05, 3.63) is 0 Å². The third-order valence-electron chi connectivity index (χ3n) is 5.45. The van der Waals surface area contributed by atoms with Crippen molar-refractivity contribution in [3.63, 3.8) is 0 Å². The molecule has 1 aliphatic rings. The summed E-state index contributed by atoms with van der Waals surface area (Å²) < 4.78 is 5.43. The molecular weight excluding hydrogens is 394 g/mol. The third-order valence-corrected chi connectivity index (χ3v) is 5.45. The van der Waals surface area contributed by atoms with Gasteiger partial charge in [-0.1, -0.05) is 65.2 Å². The zero-order chi connectivity index (χ0) is 23.3. The number of carbonyl (C=O) groups excluding carboxylic acids is 3. The lowest BCUT2D eigenvalue weighted by Gasteiger charge is -2.40. The highest BCUT2D eigenvalue weighted by atomic mass is 16.6. The number of nitrogens with zero attached hydrogens (tertiary/aromatic N) is 2. The summed E-state index contributed by atoms with van der Waals surface area (Å²) in [6.45, 7) is 11.0. The van der Waals surface area contributed by atoms with Gasteiger partial charge >= 0.3 is 6.09 Å². The summed E-state index contributed by atoms with van der Waals surface area (Å²) in [5.74, 6) is -0.360. The van der Waals surface area contributed by atoms with Crippen molar-refractivity contribution < 1.29 is 19.1 Å². The summed E-state index contributed by atoms with van der Waals surface area (Å²) in [5, 5.41) is 2.98. The van der Waals surface area contributed by atoms with Gasteiger partial charge in [-0.2, -0.15) is 0 Å². The summed E-state index contributed by atoms with van der Waals surface area (Å²) in [6, 6.07) is -0.657. The topological polar surface area (TPSA) is 79.0 Å². The summed E-state index contributed by atoms with van der Waals surface area (Å²) in [7, 11) is 0. The van der Waals surface area contributed by atoms with Gasteiger partial charge in [-0.3, -0.25) is 14.5 Å². The number of hydrogen-bond donors (Lipinski definition) is 1. The van der Waals surface area contributed by atoms with Crippen molar-refractivity contribution >= 4 is 17.9 Å². The van der Waals surface area contributed by atoms with Gasteiger partial charge in [0.1, 0.15) is 18.2 Å². The molecule has 0 aromatic heterocycles. The Labute approximate surface area is 189 Å². The van der Waals surface area contributed by atoms with Crippen LogP contribution in [-0.2, 0) is 14.3 Å². The highest BCUT2D eigenvalue weighted by molar-refractivity contribution is 5.92. The fourth-order valence-electron chi connectivity index (χ4n) is 3.71. The van der Waals surface area contributed by atoms with E-state index in [-0.39, 0.29) is 24.9 Å². The molecule has 1 rings (SSSR count). The molecule has 7 nitrogen and oxygen atoms in total. The molecule has 1 atom stereocenters. The normalized spacial score (nSPS) is 17.1. The SMILES string of the molecule is CCCCCCCCN1C(=O)CN(C(=O)OC(C)(C)C)C[C@@H]1C(=O)NCCCCCC. The van der Waals surface area contributed by atoms with Crippen molar-refractivity contribution in [1.82, 2.24) is 15.1 Å². The number of carbonyl (C=O) groups is 3. The molecule has 1 aliphatic heterocycles. The van der Waals surface area contributed by atoms with Crippen LogP contribution >= 0.6 is 0 Å². The minimum Gasteiger partial charge on any atom is -0.444 e. The van der Waals surface area contributed by atoms with Gasteiger partial charge < -0.3 is 15.0 Å². The second-order valence-electron chi connectivity index (χ2n) is 9.58. The minimum atomic E-state index is -0.657. The second kappa shape index (κ2) is 14.3. The largest absolute Gasteiger partial charge is 0.444 e. The van der Waals surface area contributed by atoms with E-state index >= 15 is 0 Å². The molecule has 0 saturated carbocycles. The van der Waals surface area contributed by atoms with Crippen LogP contribution in [0.2, 0.25) is 0 Å². The lowest BCUT2D eigenvalue weighted by atomic mass is 10.1. The van der Waals surface area contributed by atoms with Crippen LogP contribution in [0.5, 0.6) is 0 Å². The van der Waals surface area contributed by atoms with Crippen LogP contribution < -0.4 is 5.32 Å². The predicted molar refractivity (Wildman–Crippen MR) is 124 cm³/mol. The molecule has 0 aromatic carbocycles. The van der Waals surface area contributed by atoms with E-state index in [9.17, 15) is 14.4 Å². The van der Waals surface area contributed by atoms with Crippen molar-refractivity contribution in [3.8, 4) is 0 Å². The molecule has 0 bridgehead atoms. The number of piperazine rings is 1. The van der Waals surface area contributed by atoms with Gasteiger partial charge in [0.25, 0.3) is 0 Å². The van der Waals surface area contributed by atoms with E-state index < -0.39 is 17.7 Å². The monoisotopic (exact) mass is 439 g/mol. The Morgan fingerprint density at radius 2 is 1.55 bits per heavy atom. The van der Waals surface area contributed by atoms with E-state index in [0.717, 1.165) is 44.9 Å². The van der Waals surface area contributed by atoms with Gasteiger partial charge in [0.15, 0.2) is 0 Å². The summed E-state index contributed by atoms with van der Waals surface area (Å²) in [5.41, 5.74) is -0.646. The fourth-order valence-corrected chi connectivity index (χ4v) is 3.71. The molecule has 1 fully saturated rings. The first kappa shape index (κ1) is 27.2. The molecule has 7 heteroatoms. The highest BCUT2D eigenvalue weighted by Crippen LogP contribution is 2.17. The Morgan fingerprint density at radius 1 is 0.968 bits per heavy atom. The number of nitrogens with one attached hydrogen (secondary N) is 1. The number of ether oxygens (including phenoxy) is 1. The Morgan fingerprint density at radius 3 is 2.16 bits per heavy atom. The maximum atomic E-state index is 12.9. The van der Waals surface area contributed by atoms with Crippen molar-refractivity contribution in [2.75, 3.05) is 26.2 Å². The van der Waals surface area contributed by atoms with Crippen molar-refractivity contribution in [2.45, 2.75) is 110 Å². The van der Waals surface area contributed by atoms with E-state index in [4.69, 9.17) is 4.74 Å². The van der Waals surface area contributed by atoms with Crippen LogP contribution in [0.4, 0.5) is 4.79 Å². The molecule has 1 heterocycles. The van der Waals surface area contributed by atoms with Crippen molar-refractivity contribution in [2.24, 2.45) is 0 Å². The molecule has 0 unspecified atom stereocenters. The van der Waals surface area contributed by atoms with E-state index in [0.29, 0.717) is 13.1 Å². The van der Waals surface area contributed by atoms with Gasteiger partial charge in [-0.05, 0) is 33.6 Å². The third kappa shape index (κ3) is 10.9. The Kier molecular flexibility index (Phi) is 12.6. The van der Waals surface area contributed by atoms with E-state index in [1.54, 1.807) is 25.7 Å². The first-order valence-electron chi connectivity index (χ1n) is 12.2. The van der Waals surface area contributed by atoms with Crippen LogP contribution in [0.15, 0.2) is 0 Å². The first-order valence-corrected chi connectivity index (χ1v) is 12.2. The summed E-state index contributed by atoms with van der Waals surface area (Å²) in [6.07, 6.45) is 10.5. The maximum absolute atomic E-state index is 12.9. The molecule has 0 aliphatic carbocycles. The van der Waals surface area contributed by atoms with Crippen molar-refractivity contribution in [1.29, 1.82) is 0 Å². The summed E-state index contributed by atoms with van der Waals surface area (Å²) >= 11 is 0. The lowest BCUT2D eigenvalue weighted by molar-refractivity contribution is -0.146. The highest BCUT2D eigenvalue weighted by Gasteiger charge is 2.39. The quantitative estimate of drug-likeness (QED) is 0.429. The molecule has 180 valence electrons. The van der Waals surface area contributed by atoms with Gasteiger partial charge in [-0.15, -0.1) is 0 Å². The van der Waals surface area contributed by atoms with Crippen LogP contribution in [0, 0.1) is 0 Å². The first-order chi connectivity index (χ1) is 14.7. The van der Waals surface area contributed by atoms with Crippen LogP contribution in [-0.4, -0.2) is 65.5 Å². The van der Waals surface area contributed by atoms with Gasteiger partial charge in [-0.25, -0.2) is 4.79 Å². The van der Waals surface area contributed by atoms with Crippen LogP contribution in [0.3, 0.4) is 0 Å². The number of rotatable bonds is 13. The number of hydrogen-bond acceptors (Lipinski definition) is 4. The van der Waals surface area contributed by atoms with E-state index in [1.807, 2.05) is 0 Å². The van der Waals surface area contributed by atoms with Crippen LogP contribution in [0.1, 0.15) is 98.8 Å². The Balaban J connectivity index is 2.72. The molecule has 0 radical (unpaired) electrons. The predicted octanol–water partition coefficient (Wildman–Crippen LogP) is 4.49. The molecular formula is C24H45N3O4. The van der Waals surface area contributed by atoms with Gasteiger partial charge in [0.05, 0.1) is 6.54 Å². The fraction of sp³-hybridized carbons (Fsp3) is 0.875. The van der Waals surface area contributed by atoms with E-state index in [2.05, 4.69) is 19.2 Å². The summed E-state index contributed by atoms with van der Waals surface area (Å²) in [4.78, 5) is 41.4. The smallest absolute Gasteiger partial charge is 0.410 e. The average Bonchev–Trinajstić information content (AvgIpc) is 2.69.